The number of amides is 1. The molecule has 1 rings (SSSR count). The van der Waals surface area contributed by atoms with Crippen molar-refractivity contribution in [3.63, 3.8) is 0 Å². The quantitative estimate of drug-likeness (QED) is 0.465. The van der Waals surface area contributed by atoms with Gasteiger partial charge >= 0.3 is 6.09 Å². The maximum Gasteiger partial charge on any atom is 0.410 e. The van der Waals surface area contributed by atoms with Crippen molar-refractivity contribution in [2.45, 2.75) is 39.2 Å². The normalized spacial score (nSPS) is 17.9. The Morgan fingerprint density at radius 1 is 1.44 bits per heavy atom. The van der Waals surface area contributed by atoms with Crippen LogP contribution in [0, 0.1) is 5.92 Å². The molecule has 0 unspecified atom stereocenters. The maximum absolute atomic E-state index is 11.8. The number of hydrogen-bond acceptors (Lipinski definition) is 5. The number of rotatable bonds is 4. The van der Waals surface area contributed by atoms with Crippen LogP contribution in [0.1, 0.15) is 33.6 Å². The lowest BCUT2D eigenvalue weighted by Crippen LogP contribution is -2.43. The molecule has 0 saturated carbocycles. The van der Waals surface area contributed by atoms with Crippen molar-refractivity contribution in [1.29, 1.82) is 0 Å². The van der Waals surface area contributed by atoms with Gasteiger partial charge in [-0.25, -0.2) is 4.79 Å². The summed E-state index contributed by atoms with van der Waals surface area (Å²) in [4.78, 5) is 13.7. The van der Waals surface area contributed by atoms with Gasteiger partial charge < -0.3 is 15.0 Å². The van der Waals surface area contributed by atoms with Crippen molar-refractivity contribution < 1.29 is 9.53 Å². The van der Waals surface area contributed by atoms with E-state index in [0.29, 0.717) is 5.92 Å². The highest BCUT2D eigenvalue weighted by atomic mass is 32.2. The van der Waals surface area contributed by atoms with Crippen molar-refractivity contribution in [3.8, 4) is 0 Å². The maximum atomic E-state index is 11.8. The van der Waals surface area contributed by atoms with E-state index in [9.17, 15) is 4.79 Å². The molecule has 1 saturated heterocycles. The molecule has 0 aromatic rings. The lowest BCUT2D eigenvalue weighted by Gasteiger charge is -2.33. The van der Waals surface area contributed by atoms with E-state index in [2.05, 4.69) is 5.32 Å². The second kappa shape index (κ2) is 7.21. The van der Waals surface area contributed by atoms with E-state index in [0.717, 1.165) is 38.4 Å². The molecule has 1 aliphatic heterocycles. The molecule has 18 heavy (non-hydrogen) atoms. The van der Waals surface area contributed by atoms with Crippen LogP contribution in [0.4, 0.5) is 4.79 Å². The number of carbonyl (C=O) groups excluding carboxylic acids is 1. The van der Waals surface area contributed by atoms with Crippen LogP contribution in [0.15, 0.2) is 0 Å². The first-order valence-electron chi connectivity index (χ1n) is 6.42. The van der Waals surface area contributed by atoms with Gasteiger partial charge in [0.15, 0.2) is 0 Å². The Labute approximate surface area is 114 Å². The van der Waals surface area contributed by atoms with Gasteiger partial charge in [-0.2, -0.15) is 0 Å². The fourth-order valence-electron chi connectivity index (χ4n) is 1.97. The third-order valence-corrected chi connectivity index (χ3v) is 3.26. The molecule has 0 aromatic heterocycles. The molecule has 0 radical (unpaired) electrons. The van der Waals surface area contributed by atoms with E-state index in [-0.39, 0.29) is 6.09 Å². The first-order chi connectivity index (χ1) is 8.42. The van der Waals surface area contributed by atoms with Crippen LogP contribution in [0.3, 0.4) is 0 Å². The molecule has 1 heterocycles. The standard InChI is InChI=1S/C12H25N3O2S/c1-12(2,3)17-11(16)15-6-4-10(5-7-15)8-14-9-18-13/h10,14H,4-9,13H2,1-3H3. The molecule has 0 spiro atoms. The number of ether oxygens (including phenoxy) is 1. The molecule has 0 bridgehead atoms. The molecular weight excluding hydrogens is 250 g/mol. The Morgan fingerprint density at radius 2 is 2.06 bits per heavy atom. The largest absolute Gasteiger partial charge is 0.444 e. The third kappa shape index (κ3) is 5.93. The summed E-state index contributed by atoms with van der Waals surface area (Å²) in [6, 6.07) is 0. The number of nitrogens with two attached hydrogens (primary N) is 1. The van der Waals surface area contributed by atoms with E-state index in [4.69, 9.17) is 9.88 Å². The number of piperidine rings is 1. The SMILES string of the molecule is CC(C)(C)OC(=O)N1CCC(CNCSN)CC1. The first kappa shape index (κ1) is 15.6. The van der Waals surface area contributed by atoms with Gasteiger partial charge in [0.05, 0.1) is 5.88 Å². The number of likely N-dealkylation sites (tertiary alicyclic amines) is 1. The molecule has 1 fully saturated rings. The second-order valence-corrected chi connectivity index (χ2v) is 6.30. The average molecular weight is 275 g/mol. The van der Waals surface area contributed by atoms with Crippen LogP contribution < -0.4 is 10.5 Å². The summed E-state index contributed by atoms with van der Waals surface area (Å²) in [6.07, 6.45) is 1.87. The Kier molecular flexibility index (Phi) is 6.25. The summed E-state index contributed by atoms with van der Waals surface area (Å²) in [7, 11) is 0. The predicted molar refractivity (Wildman–Crippen MR) is 75.2 cm³/mol. The lowest BCUT2D eigenvalue weighted by molar-refractivity contribution is 0.0184. The Hall–Kier alpha value is -0.460. The van der Waals surface area contributed by atoms with Crippen LogP contribution in [0.2, 0.25) is 0 Å². The topological polar surface area (TPSA) is 67.6 Å². The lowest BCUT2D eigenvalue weighted by atomic mass is 9.97. The highest BCUT2D eigenvalue weighted by Gasteiger charge is 2.26. The number of carbonyl (C=O) groups is 1. The number of hydrogen-bond donors (Lipinski definition) is 2. The summed E-state index contributed by atoms with van der Waals surface area (Å²) in [5.41, 5.74) is -0.409. The van der Waals surface area contributed by atoms with Crippen LogP contribution in [0.25, 0.3) is 0 Å². The summed E-state index contributed by atoms with van der Waals surface area (Å²) < 4.78 is 5.36. The van der Waals surface area contributed by atoms with Gasteiger partial charge in [-0.1, -0.05) is 11.9 Å². The Morgan fingerprint density at radius 3 is 2.56 bits per heavy atom. The van der Waals surface area contributed by atoms with Gasteiger partial charge in [-0.15, -0.1) is 0 Å². The van der Waals surface area contributed by atoms with Gasteiger partial charge in [-0.05, 0) is 46.1 Å². The molecule has 1 aliphatic rings. The summed E-state index contributed by atoms with van der Waals surface area (Å²) in [5.74, 6) is 1.42. The van der Waals surface area contributed by atoms with Crippen molar-refractivity contribution in [2.24, 2.45) is 11.1 Å². The summed E-state index contributed by atoms with van der Waals surface area (Å²) in [6.45, 7) is 8.24. The van der Waals surface area contributed by atoms with E-state index >= 15 is 0 Å². The molecule has 6 heteroatoms. The van der Waals surface area contributed by atoms with Crippen LogP contribution in [0.5, 0.6) is 0 Å². The minimum atomic E-state index is -0.409. The van der Waals surface area contributed by atoms with Gasteiger partial charge in [0, 0.05) is 13.1 Å². The van der Waals surface area contributed by atoms with Crippen LogP contribution >= 0.6 is 11.9 Å². The highest BCUT2D eigenvalue weighted by Crippen LogP contribution is 2.19. The zero-order valence-corrected chi connectivity index (χ0v) is 12.4. The molecule has 5 nitrogen and oxygen atoms in total. The van der Waals surface area contributed by atoms with Crippen molar-refractivity contribution in [2.75, 3.05) is 25.5 Å². The molecule has 106 valence electrons. The predicted octanol–water partition coefficient (Wildman–Crippen LogP) is 1.79. The summed E-state index contributed by atoms with van der Waals surface area (Å²) >= 11 is 1.31. The van der Waals surface area contributed by atoms with Crippen molar-refractivity contribution >= 4 is 18.0 Å². The minimum absolute atomic E-state index is 0.188. The van der Waals surface area contributed by atoms with Gasteiger partial charge in [-0.3, -0.25) is 5.14 Å². The Bertz CT molecular complexity index is 261. The van der Waals surface area contributed by atoms with Crippen LogP contribution in [-0.2, 0) is 4.74 Å². The first-order valence-corrected chi connectivity index (χ1v) is 7.47. The van der Waals surface area contributed by atoms with Crippen molar-refractivity contribution in [3.05, 3.63) is 0 Å². The van der Waals surface area contributed by atoms with Gasteiger partial charge in [0.2, 0.25) is 0 Å². The fourth-order valence-corrected chi connectivity index (χ4v) is 2.20. The van der Waals surface area contributed by atoms with Gasteiger partial charge in [0.1, 0.15) is 5.60 Å². The molecular formula is C12H25N3O2S. The third-order valence-electron chi connectivity index (χ3n) is 2.88. The molecule has 0 aliphatic carbocycles. The van der Waals surface area contributed by atoms with E-state index in [1.54, 1.807) is 4.90 Å². The molecule has 3 N–H and O–H groups in total. The number of nitrogens with zero attached hydrogens (tertiary/aromatic N) is 1. The minimum Gasteiger partial charge on any atom is -0.444 e. The Balaban J connectivity index is 2.24. The second-order valence-electron chi connectivity index (χ2n) is 5.68. The van der Waals surface area contributed by atoms with E-state index in [1.165, 1.54) is 11.9 Å². The molecule has 1 amide bonds. The van der Waals surface area contributed by atoms with Gasteiger partial charge in [0.25, 0.3) is 0 Å². The van der Waals surface area contributed by atoms with Crippen molar-refractivity contribution in [1.82, 2.24) is 10.2 Å². The smallest absolute Gasteiger partial charge is 0.410 e. The fraction of sp³-hybridized carbons (Fsp3) is 0.917. The molecule has 0 atom stereocenters. The summed E-state index contributed by atoms with van der Waals surface area (Å²) in [5, 5.41) is 8.64. The average Bonchev–Trinajstić information content (AvgIpc) is 2.28. The zero-order valence-electron chi connectivity index (χ0n) is 11.6. The highest BCUT2D eigenvalue weighted by molar-refractivity contribution is 7.97. The zero-order chi connectivity index (χ0) is 13.6. The number of nitrogens with one attached hydrogen (secondary N) is 1. The van der Waals surface area contributed by atoms with E-state index < -0.39 is 5.60 Å². The van der Waals surface area contributed by atoms with E-state index in [1.807, 2.05) is 20.8 Å². The molecule has 0 aromatic carbocycles. The monoisotopic (exact) mass is 275 g/mol. The van der Waals surface area contributed by atoms with Crippen LogP contribution in [-0.4, -0.2) is 42.1 Å².